The summed E-state index contributed by atoms with van der Waals surface area (Å²) >= 11 is 5.61. The number of hydrogen-bond acceptors (Lipinski definition) is 6. The Morgan fingerprint density at radius 2 is 1.93 bits per heavy atom. The van der Waals surface area contributed by atoms with Crippen molar-refractivity contribution in [2.24, 2.45) is 5.73 Å². The molecule has 1 aromatic heterocycles. The fourth-order valence-electron chi connectivity index (χ4n) is 3.99. The summed E-state index contributed by atoms with van der Waals surface area (Å²) in [5.41, 5.74) is 6.63. The maximum Gasteiger partial charge on any atom is 0.126 e. The van der Waals surface area contributed by atoms with Crippen molar-refractivity contribution in [3.05, 3.63) is 52.7 Å². The van der Waals surface area contributed by atoms with Gasteiger partial charge >= 0.3 is 0 Å². The van der Waals surface area contributed by atoms with Gasteiger partial charge in [0.05, 0.1) is 4.21 Å². The number of benzene rings is 1. The van der Waals surface area contributed by atoms with E-state index in [2.05, 4.69) is 20.7 Å². The summed E-state index contributed by atoms with van der Waals surface area (Å²) in [6, 6.07) is 12.1. The van der Waals surface area contributed by atoms with Crippen molar-refractivity contribution < 1.29 is 4.39 Å². The third kappa shape index (κ3) is 5.12. The van der Waals surface area contributed by atoms with Crippen molar-refractivity contribution in [1.82, 2.24) is 8.61 Å². The Bertz CT molecular complexity index is 763. The second-order valence-corrected chi connectivity index (χ2v) is 11.2. The van der Waals surface area contributed by atoms with E-state index in [1.165, 1.54) is 28.3 Å². The average molecular weight is 438 g/mol. The van der Waals surface area contributed by atoms with Crippen molar-refractivity contribution in [1.29, 1.82) is 0 Å². The summed E-state index contributed by atoms with van der Waals surface area (Å²) in [6.07, 6.45) is 4.93. The van der Waals surface area contributed by atoms with Crippen molar-refractivity contribution in [3.8, 4) is 0 Å². The molecule has 2 aliphatic rings. The van der Waals surface area contributed by atoms with E-state index in [1.807, 2.05) is 36.0 Å². The van der Waals surface area contributed by atoms with Crippen molar-refractivity contribution in [2.45, 2.75) is 48.4 Å². The monoisotopic (exact) mass is 437 g/mol. The van der Waals surface area contributed by atoms with Gasteiger partial charge in [-0.1, -0.05) is 24.6 Å². The number of nitrogens with two attached hydrogens (primary N) is 1. The summed E-state index contributed by atoms with van der Waals surface area (Å²) in [6.45, 7) is 3.86. The van der Waals surface area contributed by atoms with Crippen LogP contribution in [0.3, 0.4) is 0 Å². The molecule has 0 bridgehead atoms. The first-order chi connectivity index (χ1) is 13.7. The highest BCUT2D eigenvalue weighted by molar-refractivity contribution is 8.01. The van der Waals surface area contributed by atoms with Gasteiger partial charge in [-0.05, 0) is 43.0 Å². The van der Waals surface area contributed by atoms with E-state index < -0.39 is 0 Å². The summed E-state index contributed by atoms with van der Waals surface area (Å²) in [4.78, 5) is 1.23. The molecule has 7 heteroatoms. The third-order valence-electron chi connectivity index (χ3n) is 5.50. The fourth-order valence-corrected chi connectivity index (χ4v) is 7.55. The van der Waals surface area contributed by atoms with Crippen LogP contribution in [-0.2, 0) is 6.54 Å². The molecule has 152 valence electrons. The molecular formula is C21H28FN3S3. The van der Waals surface area contributed by atoms with Crippen molar-refractivity contribution >= 4 is 35.2 Å². The number of thioether (sulfide) groups is 1. The lowest BCUT2D eigenvalue weighted by atomic mass is 9.96. The zero-order valence-electron chi connectivity index (χ0n) is 16.1. The van der Waals surface area contributed by atoms with E-state index in [4.69, 9.17) is 5.73 Å². The number of thiophene rings is 1. The van der Waals surface area contributed by atoms with E-state index in [0.717, 1.165) is 37.4 Å². The first kappa shape index (κ1) is 20.7. The van der Waals surface area contributed by atoms with Gasteiger partial charge in [-0.25, -0.2) is 13.0 Å². The van der Waals surface area contributed by atoms with Crippen LogP contribution in [0.2, 0.25) is 0 Å². The molecule has 0 aliphatic carbocycles. The second-order valence-electron chi connectivity index (χ2n) is 7.51. The molecule has 2 aliphatic heterocycles. The first-order valence-electron chi connectivity index (χ1n) is 10.1. The van der Waals surface area contributed by atoms with E-state index in [0.29, 0.717) is 12.6 Å². The van der Waals surface area contributed by atoms with Gasteiger partial charge in [-0.2, -0.15) is 0 Å². The molecule has 2 unspecified atom stereocenters. The number of nitrogens with zero attached hydrogens (tertiary/aromatic N) is 2. The summed E-state index contributed by atoms with van der Waals surface area (Å²) in [5, 5.41) is 0. The highest BCUT2D eigenvalue weighted by atomic mass is 32.2. The van der Waals surface area contributed by atoms with Crippen LogP contribution < -0.4 is 5.73 Å². The lowest BCUT2D eigenvalue weighted by Gasteiger charge is -2.31. The van der Waals surface area contributed by atoms with E-state index in [1.54, 1.807) is 23.5 Å². The van der Waals surface area contributed by atoms with Gasteiger partial charge < -0.3 is 5.73 Å². The first-order valence-corrected chi connectivity index (χ1v) is 12.6. The Morgan fingerprint density at radius 3 is 2.68 bits per heavy atom. The Balaban J connectivity index is 1.44. The normalized spacial score (nSPS) is 24.1. The van der Waals surface area contributed by atoms with Gasteiger partial charge in [0.2, 0.25) is 0 Å². The van der Waals surface area contributed by atoms with Gasteiger partial charge in [-0.15, -0.1) is 23.1 Å². The Hall–Kier alpha value is -0.570. The van der Waals surface area contributed by atoms with Crippen LogP contribution in [0.4, 0.5) is 4.39 Å². The average Bonchev–Trinajstić information content (AvgIpc) is 3.34. The van der Waals surface area contributed by atoms with Crippen LogP contribution in [0.15, 0.2) is 40.6 Å². The zero-order chi connectivity index (χ0) is 19.3. The van der Waals surface area contributed by atoms with E-state index >= 15 is 0 Å². The molecule has 0 amide bonds. The molecular weight excluding hydrogens is 409 g/mol. The predicted octanol–water partition coefficient (Wildman–Crippen LogP) is 5.35. The highest BCUT2D eigenvalue weighted by Gasteiger charge is 2.36. The van der Waals surface area contributed by atoms with Crippen LogP contribution in [0.1, 0.15) is 42.0 Å². The molecule has 28 heavy (non-hydrogen) atoms. The second kappa shape index (κ2) is 9.96. The van der Waals surface area contributed by atoms with Crippen LogP contribution in [0.25, 0.3) is 0 Å². The Morgan fingerprint density at radius 1 is 1.11 bits per heavy atom. The summed E-state index contributed by atoms with van der Waals surface area (Å²) in [7, 11) is 0. The Labute approximate surface area is 180 Å². The summed E-state index contributed by atoms with van der Waals surface area (Å²) in [5.74, 6) is 1.25. The van der Waals surface area contributed by atoms with Gasteiger partial charge in [0, 0.05) is 60.9 Å². The molecule has 1 aromatic carbocycles. The lowest BCUT2D eigenvalue weighted by Crippen LogP contribution is -2.33. The zero-order valence-corrected chi connectivity index (χ0v) is 18.5. The Kier molecular flexibility index (Phi) is 7.36. The minimum atomic E-state index is -0.0606. The molecule has 3 nitrogen and oxygen atoms in total. The number of hydrogen-bond donors (Lipinski definition) is 1. The maximum absolute atomic E-state index is 14.4. The number of piperidine rings is 1. The molecule has 0 radical (unpaired) electrons. The molecule has 2 fully saturated rings. The molecule has 3 heterocycles. The smallest absolute Gasteiger partial charge is 0.126 e. The summed E-state index contributed by atoms with van der Waals surface area (Å²) < 4.78 is 20.8. The fraction of sp³-hybridized carbons (Fsp3) is 0.524. The minimum Gasteiger partial charge on any atom is -0.326 e. The predicted molar refractivity (Wildman–Crippen MR) is 120 cm³/mol. The van der Waals surface area contributed by atoms with Gasteiger partial charge in [0.15, 0.2) is 0 Å². The standard InChI is InChI=1S/C21H28FN3S3/c22-20-7-3-2-6-19(20)16-12-17(15-26-21-9-8-18(13-23)27-21)25(14-16)28-24-10-4-1-5-11-24/h2-3,6-9,16-17H,1,4-5,10-15,23H2. The SMILES string of the molecule is NCc1ccc(SCC2CC(c3ccccc3F)CN2SN2CCCCC2)s1. The number of rotatable bonds is 7. The molecule has 4 rings (SSSR count). The van der Waals surface area contributed by atoms with Crippen LogP contribution >= 0.6 is 35.2 Å². The van der Waals surface area contributed by atoms with E-state index in [9.17, 15) is 4.39 Å². The van der Waals surface area contributed by atoms with Gasteiger partial charge in [0.1, 0.15) is 5.82 Å². The third-order valence-corrected chi connectivity index (χ3v) is 9.23. The molecule has 2 aromatic rings. The molecule has 2 atom stereocenters. The van der Waals surface area contributed by atoms with E-state index in [-0.39, 0.29) is 11.7 Å². The highest BCUT2D eigenvalue weighted by Crippen LogP contribution is 2.41. The van der Waals surface area contributed by atoms with Crippen LogP contribution in [0, 0.1) is 5.82 Å². The van der Waals surface area contributed by atoms with Crippen molar-refractivity contribution in [2.75, 3.05) is 25.4 Å². The lowest BCUT2D eigenvalue weighted by molar-refractivity contribution is 0.355. The topological polar surface area (TPSA) is 32.5 Å². The molecule has 2 saturated heterocycles. The van der Waals surface area contributed by atoms with Crippen LogP contribution in [0.5, 0.6) is 0 Å². The largest absolute Gasteiger partial charge is 0.326 e. The minimum absolute atomic E-state index is 0.0606. The van der Waals surface area contributed by atoms with Crippen molar-refractivity contribution in [3.63, 3.8) is 0 Å². The molecule has 2 N–H and O–H groups in total. The van der Waals surface area contributed by atoms with Crippen LogP contribution in [-0.4, -0.2) is 40.0 Å². The van der Waals surface area contributed by atoms with Gasteiger partial charge in [0.25, 0.3) is 0 Å². The molecule has 0 spiro atoms. The number of halogens is 1. The van der Waals surface area contributed by atoms with Gasteiger partial charge in [-0.3, -0.25) is 0 Å². The maximum atomic E-state index is 14.4. The quantitative estimate of drug-likeness (QED) is 0.467. The molecule has 0 saturated carbocycles.